The van der Waals surface area contributed by atoms with Crippen LogP contribution in [0.3, 0.4) is 0 Å². The summed E-state index contributed by atoms with van der Waals surface area (Å²) in [6.45, 7) is 3.52. The average molecular weight is 250 g/mol. The van der Waals surface area contributed by atoms with Crippen molar-refractivity contribution in [1.29, 1.82) is 0 Å². The number of aromatic nitrogens is 1. The minimum absolute atomic E-state index is 0.281. The third-order valence-electron chi connectivity index (χ3n) is 2.65. The summed E-state index contributed by atoms with van der Waals surface area (Å²) in [6.07, 6.45) is 2.01. The van der Waals surface area contributed by atoms with E-state index in [0.29, 0.717) is 12.1 Å². The first-order valence-corrected chi connectivity index (χ1v) is 5.64. The second-order valence-electron chi connectivity index (χ2n) is 4.11. The predicted molar refractivity (Wildman–Crippen MR) is 68.8 cm³/mol. The van der Waals surface area contributed by atoms with Crippen LogP contribution in [-0.4, -0.2) is 16.1 Å². The molecule has 0 fully saturated rings. The summed E-state index contributed by atoms with van der Waals surface area (Å²) >= 11 is 3.92. The number of thiol groups is 1. The SMILES string of the molecule is CC(CC(C)(C(=O)S)c1ccccn1)N=[N+]=[N-]. The Morgan fingerprint density at radius 3 is 2.88 bits per heavy atom. The van der Waals surface area contributed by atoms with E-state index >= 15 is 0 Å². The summed E-state index contributed by atoms with van der Waals surface area (Å²) in [5.41, 5.74) is 8.18. The summed E-state index contributed by atoms with van der Waals surface area (Å²) in [4.78, 5) is 18.6. The van der Waals surface area contributed by atoms with Crippen LogP contribution >= 0.6 is 12.6 Å². The van der Waals surface area contributed by atoms with Crippen LogP contribution in [-0.2, 0) is 10.2 Å². The lowest BCUT2D eigenvalue weighted by atomic mass is 9.81. The fourth-order valence-corrected chi connectivity index (χ4v) is 1.92. The highest BCUT2D eigenvalue weighted by atomic mass is 32.1. The number of carbonyl (C=O) groups is 1. The Kier molecular flexibility index (Phi) is 4.54. The molecule has 5 nitrogen and oxygen atoms in total. The molecular formula is C11H14N4OS. The Bertz CT molecular complexity index is 444. The zero-order chi connectivity index (χ0) is 12.9. The van der Waals surface area contributed by atoms with Crippen LogP contribution in [0.25, 0.3) is 10.4 Å². The lowest BCUT2D eigenvalue weighted by molar-refractivity contribution is -0.115. The lowest BCUT2D eigenvalue weighted by Gasteiger charge is -2.26. The highest BCUT2D eigenvalue weighted by Gasteiger charge is 2.35. The number of carbonyl (C=O) groups excluding carboxylic acids is 1. The number of rotatable bonds is 5. The van der Waals surface area contributed by atoms with E-state index < -0.39 is 5.41 Å². The van der Waals surface area contributed by atoms with Gasteiger partial charge in [-0.3, -0.25) is 9.78 Å². The number of hydrogen-bond acceptors (Lipinski definition) is 3. The summed E-state index contributed by atoms with van der Waals surface area (Å²) < 4.78 is 0. The second-order valence-corrected chi connectivity index (χ2v) is 4.52. The molecule has 0 aliphatic heterocycles. The molecule has 90 valence electrons. The molecule has 0 aliphatic rings. The van der Waals surface area contributed by atoms with Crippen molar-refractivity contribution in [2.75, 3.05) is 0 Å². The Hall–Kier alpha value is -1.52. The topological polar surface area (TPSA) is 78.7 Å². The van der Waals surface area contributed by atoms with Gasteiger partial charge >= 0.3 is 0 Å². The molecule has 0 aromatic carbocycles. The van der Waals surface area contributed by atoms with Gasteiger partial charge in [0.15, 0.2) is 5.12 Å². The lowest BCUT2D eigenvalue weighted by Crippen LogP contribution is -2.33. The quantitative estimate of drug-likeness (QED) is 0.377. The molecule has 0 saturated carbocycles. The van der Waals surface area contributed by atoms with Crippen molar-refractivity contribution >= 4 is 17.7 Å². The number of nitrogens with zero attached hydrogens (tertiary/aromatic N) is 4. The molecule has 1 aromatic rings. The highest BCUT2D eigenvalue weighted by Crippen LogP contribution is 2.30. The molecule has 2 unspecified atom stereocenters. The van der Waals surface area contributed by atoms with Gasteiger partial charge in [0.05, 0.1) is 11.1 Å². The minimum atomic E-state index is -0.835. The maximum atomic E-state index is 11.7. The van der Waals surface area contributed by atoms with Crippen molar-refractivity contribution in [1.82, 2.24) is 4.98 Å². The standard InChI is InChI=1S/C11H14N4OS/c1-8(14-15-12)7-11(2,10(16)17)9-5-3-4-6-13-9/h3-6,8H,7H2,1-2H3,(H,16,17). The van der Waals surface area contributed by atoms with E-state index in [9.17, 15) is 4.79 Å². The van der Waals surface area contributed by atoms with E-state index in [2.05, 4.69) is 27.6 Å². The molecule has 2 atom stereocenters. The van der Waals surface area contributed by atoms with E-state index in [1.807, 2.05) is 6.07 Å². The molecule has 17 heavy (non-hydrogen) atoms. The molecule has 0 saturated heterocycles. The molecule has 0 bridgehead atoms. The highest BCUT2D eigenvalue weighted by molar-refractivity contribution is 7.96. The van der Waals surface area contributed by atoms with Gasteiger partial charge in [0.25, 0.3) is 0 Å². The predicted octanol–water partition coefficient (Wildman–Crippen LogP) is 2.88. The number of hydrogen-bond donors (Lipinski definition) is 1. The van der Waals surface area contributed by atoms with E-state index in [1.165, 1.54) is 0 Å². The molecule has 1 rings (SSSR count). The van der Waals surface area contributed by atoms with Gasteiger partial charge in [-0.1, -0.05) is 18.1 Å². The first kappa shape index (κ1) is 13.5. The fourth-order valence-electron chi connectivity index (χ4n) is 1.71. The van der Waals surface area contributed by atoms with Crippen molar-refractivity contribution in [3.63, 3.8) is 0 Å². The van der Waals surface area contributed by atoms with E-state index in [0.717, 1.165) is 0 Å². The van der Waals surface area contributed by atoms with Gasteiger partial charge in [-0.15, -0.1) is 12.6 Å². The zero-order valence-corrected chi connectivity index (χ0v) is 10.6. The largest absolute Gasteiger partial charge is 0.286 e. The third-order valence-corrected chi connectivity index (χ3v) is 3.15. The van der Waals surface area contributed by atoms with Gasteiger partial charge in [0.1, 0.15) is 0 Å². The van der Waals surface area contributed by atoms with Gasteiger partial charge < -0.3 is 0 Å². The maximum Gasteiger partial charge on any atom is 0.197 e. The van der Waals surface area contributed by atoms with Crippen LogP contribution in [0, 0.1) is 0 Å². The number of pyridine rings is 1. The van der Waals surface area contributed by atoms with Crippen molar-refractivity contribution in [2.24, 2.45) is 5.11 Å². The average Bonchev–Trinajstić information content (AvgIpc) is 2.30. The molecule has 0 radical (unpaired) electrons. The molecule has 1 heterocycles. The number of azide groups is 1. The monoisotopic (exact) mass is 250 g/mol. The summed E-state index contributed by atoms with van der Waals surface area (Å²) in [7, 11) is 0. The van der Waals surface area contributed by atoms with E-state index in [1.54, 1.807) is 32.2 Å². The van der Waals surface area contributed by atoms with E-state index in [4.69, 9.17) is 5.53 Å². The maximum absolute atomic E-state index is 11.7. The Morgan fingerprint density at radius 1 is 1.71 bits per heavy atom. The molecule has 0 amide bonds. The van der Waals surface area contributed by atoms with Crippen molar-refractivity contribution in [2.45, 2.75) is 31.7 Å². The normalized spacial score (nSPS) is 15.5. The smallest absolute Gasteiger partial charge is 0.197 e. The van der Waals surface area contributed by atoms with Gasteiger partial charge in [0, 0.05) is 17.2 Å². The fraction of sp³-hybridized carbons (Fsp3) is 0.455. The summed E-state index contributed by atoms with van der Waals surface area (Å²) in [6, 6.07) is 5.08. The van der Waals surface area contributed by atoms with Gasteiger partial charge in [-0.05, 0) is 31.0 Å². The van der Waals surface area contributed by atoms with Crippen LogP contribution in [0.15, 0.2) is 29.5 Å². The van der Waals surface area contributed by atoms with Gasteiger partial charge in [0.2, 0.25) is 0 Å². The first-order valence-electron chi connectivity index (χ1n) is 5.20. The minimum Gasteiger partial charge on any atom is -0.286 e. The second kappa shape index (κ2) is 5.70. The van der Waals surface area contributed by atoms with Gasteiger partial charge in [-0.2, -0.15) is 0 Å². The third kappa shape index (κ3) is 3.22. The molecule has 0 spiro atoms. The Labute approximate surface area is 105 Å². The molecule has 6 heteroatoms. The zero-order valence-electron chi connectivity index (χ0n) is 9.74. The van der Waals surface area contributed by atoms with Crippen molar-refractivity contribution < 1.29 is 4.79 Å². The van der Waals surface area contributed by atoms with Crippen LogP contribution in [0.2, 0.25) is 0 Å². The van der Waals surface area contributed by atoms with Gasteiger partial charge in [-0.25, -0.2) is 0 Å². The van der Waals surface area contributed by atoms with Crippen LogP contribution < -0.4 is 0 Å². The van der Waals surface area contributed by atoms with Crippen LogP contribution in [0.4, 0.5) is 0 Å². The first-order chi connectivity index (χ1) is 8.00. The van der Waals surface area contributed by atoms with Crippen molar-refractivity contribution in [3.05, 3.63) is 40.5 Å². The molecular weight excluding hydrogens is 236 g/mol. The molecule has 0 aliphatic carbocycles. The Morgan fingerprint density at radius 2 is 2.41 bits per heavy atom. The van der Waals surface area contributed by atoms with Crippen LogP contribution in [0.5, 0.6) is 0 Å². The molecule has 0 N–H and O–H groups in total. The summed E-state index contributed by atoms with van der Waals surface area (Å²) in [5.74, 6) is 0. The van der Waals surface area contributed by atoms with Crippen LogP contribution in [0.1, 0.15) is 26.0 Å². The summed E-state index contributed by atoms with van der Waals surface area (Å²) in [5, 5.41) is 3.30. The molecule has 1 aromatic heterocycles. The Balaban J connectivity index is 3.06. The van der Waals surface area contributed by atoms with E-state index in [-0.39, 0.29) is 11.2 Å². The van der Waals surface area contributed by atoms with Crippen molar-refractivity contribution in [3.8, 4) is 0 Å².